The molecule has 0 aliphatic carbocycles. The highest BCUT2D eigenvalue weighted by Crippen LogP contribution is 2.31. The molecule has 3 aromatic rings. The second-order valence-electron chi connectivity index (χ2n) is 12.0. The van der Waals surface area contributed by atoms with Crippen LogP contribution < -0.4 is 5.32 Å². The topological polar surface area (TPSA) is 88.5 Å². The lowest BCUT2D eigenvalue weighted by molar-refractivity contribution is -0.151. The number of hydrogen-bond acceptors (Lipinski definition) is 4. The lowest BCUT2D eigenvalue weighted by atomic mass is 9.79. The van der Waals surface area contributed by atoms with Crippen molar-refractivity contribution in [1.29, 1.82) is 0 Å². The summed E-state index contributed by atoms with van der Waals surface area (Å²) in [6, 6.07) is 22.3. The Morgan fingerprint density at radius 2 is 1.64 bits per heavy atom. The molecule has 0 atom stereocenters. The molecule has 0 fully saturated rings. The fourth-order valence-electron chi connectivity index (χ4n) is 4.85. The monoisotopic (exact) mass is 570 g/mol. The zero-order valence-corrected chi connectivity index (χ0v) is 25.8. The Labute approximate surface area is 251 Å². The first-order valence-electron chi connectivity index (χ1n) is 15.0. The predicted molar refractivity (Wildman–Crippen MR) is 171 cm³/mol. The zero-order valence-electron chi connectivity index (χ0n) is 25.8. The van der Waals surface area contributed by atoms with Crippen molar-refractivity contribution < 1.29 is 19.4 Å². The first-order chi connectivity index (χ1) is 20.0. The molecule has 0 saturated carbocycles. The summed E-state index contributed by atoms with van der Waals surface area (Å²) in [6.07, 6.45) is 7.76. The van der Waals surface area contributed by atoms with Crippen molar-refractivity contribution >= 4 is 29.7 Å². The van der Waals surface area contributed by atoms with E-state index in [4.69, 9.17) is 9.72 Å². The van der Waals surface area contributed by atoms with Crippen LogP contribution in [0.15, 0.2) is 66.7 Å². The minimum Gasteiger partial charge on any atom is -0.481 e. The van der Waals surface area contributed by atoms with Crippen LogP contribution in [-0.4, -0.2) is 28.6 Å². The van der Waals surface area contributed by atoms with Crippen molar-refractivity contribution in [1.82, 2.24) is 4.98 Å². The molecule has 42 heavy (non-hydrogen) atoms. The van der Waals surface area contributed by atoms with Crippen LogP contribution >= 0.6 is 0 Å². The summed E-state index contributed by atoms with van der Waals surface area (Å²) in [5.41, 5.74) is 5.10. The Kier molecular flexibility index (Phi) is 12.0. The number of aromatic nitrogens is 1. The number of ether oxygens (including phenoxy) is 1. The number of benzene rings is 2. The van der Waals surface area contributed by atoms with Crippen LogP contribution in [0.1, 0.15) is 94.8 Å². The van der Waals surface area contributed by atoms with Gasteiger partial charge in [0.15, 0.2) is 0 Å². The molecule has 0 aliphatic rings. The van der Waals surface area contributed by atoms with Gasteiger partial charge in [0.25, 0.3) is 0 Å². The molecule has 0 bridgehead atoms. The fourth-order valence-corrected chi connectivity index (χ4v) is 4.85. The Bertz CT molecular complexity index is 1340. The van der Waals surface area contributed by atoms with Crippen LogP contribution in [0.4, 0.5) is 5.69 Å². The number of pyridine rings is 1. The number of aryl methyl sites for hydroxylation is 1. The quantitative estimate of drug-likeness (QED) is 0.179. The minimum atomic E-state index is -1.04. The summed E-state index contributed by atoms with van der Waals surface area (Å²) >= 11 is 0. The van der Waals surface area contributed by atoms with Crippen LogP contribution in [0.25, 0.3) is 12.2 Å². The van der Waals surface area contributed by atoms with E-state index in [9.17, 15) is 14.7 Å². The van der Waals surface area contributed by atoms with Crippen molar-refractivity contribution in [2.24, 2.45) is 5.41 Å². The molecule has 1 heterocycles. The van der Waals surface area contributed by atoms with Crippen molar-refractivity contribution in [2.45, 2.75) is 85.2 Å². The third-order valence-electron chi connectivity index (χ3n) is 7.83. The van der Waals surface area contributed by atoms with Gasteiger partial charge in [0.2, 0.25) is 5.91 Å². The van der Waals surface area contributed by atoms with Gasteiger partial charge in [-0.15, -0.1) is 0 Å². The number of amides is 1. The van der Waals surface area contributed by atoms with E-state index >= 15 is 0 Å². The van der Waals surface area contributed by atoms with E-state index < -0.39 is 11.4 Å². The zero-order chi connectivity index (χ0) is 30.6. The molecule has 6 nitrogen and oxygen atoms in total. The molecule has 1 amide bonds. The van der Waals surface area contributed by atoms with E-state index in [1.165, 1.54) is 11.1 Å². The highest BCUT2D eigenvalue weighted by atomic mass is 16.5. The fraction of sp³-hybridized carbons (Fsp3) is 0.417. The van der Waals surface area contributed by atoms with E-state index in [1.54, 1.807) is 19.9 Å². The summed E-state index contributed by atoms with van der Waals surface area (Å²) < 4.78 is 5.89. The lowest BCUT2D eigenvalue weighted by Gasteiger charge is -2.25. The molecule has 3 rings (SSSR count). The summed E-state index contributed by atoms with van der Waals surface area (Å²) in [4.78, 5) is 29.1. The average molecular weight is 571 g/mol. The Morgan fingerprint density at radius 1 is 0.929 bits per heavy atom. The van der Waals surface area contributed by atoms with E-state index in [0.29, 0.717) is 31.7 Å². The number of nitrogens with one attached hydrogen (secondary N) is 1. The van der Waals surface area contributed by atoms with E-state index in [2.05, 4.69) is 50.4 Å². The number of carbonyl (C=O) groups excluding carboxylic acids is 1. The summed E-state index contributed by atoms with van der Waals surface area (Å²) in [7, 11) is 0. The van der Waals surface area contributed by atoms with Gasteiger partial charge in [-0.1, -0.05) is 83.2 Å². The van der Waals surface area contributed by atoms with Gasteiger partial charge in [-0.3, -0.25) is 14.6 Å². The van der Waals surface area contributed by atoms with Gasteiger partial charge < -0.3 is 15.2 Å². The van der Waals surface area contributed by atoms with Crippen molar-refractivity contribution in [2.75, 3.05) is 11.9 Å². The second-order valence-corrected chi connectivity index (χ2v) is 12.0. The van der Waals surface area contributed by atoms with Gasteiger partial charge in [-0.25, -0.2) is 0 Å². The minimum absolute atomic E-state index is 0.0559. The molecular formula is C36H46N2O4. The Morgan fingerprint density at radius 3 is 2.31 bits per heavy atom. The highest BCUT2D eigenvalue weighted by molar-refractivity contribution is 5.94. The standard InChI is InChI=1S/C36H46N2O4/c1-6-36(7-2,34(40)41)25-33(39)38-31-15-10-13-28(24-31)19-22-30-14-11-16-32(37-30)26-42-23-9-8-12-27-17-20-29(21-18-27)35(3,4)5/h10-11,13-22,24H,6-9,12,23,25-26H2,1-5H3,(H,38,39)(H,40,41). The smallest absolute Gasteiger partial charge is 0.310 e. The van der Waals surface area contributed by atoms with Crippen LogP contribution in [-0.2, 0) is 32.8 Å². The number of carboxylic acid groups (broad SMARTS) is 1. The molecule has 1 aromatic heterocycles. The summed E-state index contributed by atoms with van der Waals surface area (Å²) in [5.74, 6) is -1.23. The Balaban J connectivity index is 1.45. The van der Waals surface area contributed by atoms with E-state index in [-0.39, 0.29) is 17.7 Å². The number of nitrogens with zero attached hydrogens (tertiary/aromatic N) is 1. The maximum absolute atomic E-state index is 12.6. The maximum atomic E-state index is 12.6. The van der Waals surface area contributed by atoms with Crippen LogP contribution in [0.5, 0.6) is 0 Å². The number of carboxylic acids is 1. The molecule has 224 valence electrons. The normalized spacial score (nSPS) is 12.0. The average Bonchev–Trinajstić information content (AvgIpc) is 2.96. The molecule has 0 aliphatic heterocycles. The molecule has 0 spiro atoms. The molecule has 6 heteroatoms. The Hall–Kier alpha value is -3.77. The number of hydrogen-bond donors (Lipinski definition) is 2. The van der Waals surface area contributed by atoms with Crippen LogP contribution in [0.2, 0.25) is 0 Å². The molecule has 0 unspecified atom stereocenters. The maximum Gasteiger partial charge on any atom is 0.310 e. The van der Waals surface area contributed by atoms with Gasteiger partial charge in [-0.05, 0) is 84.6 Å². The van der Waals surface area contributed by atoms with Crippen LogP contribution in [0, 0.1) is 5.41 Å². The third kappa shape index (κ3) is 9.95. The van der Waals surface area contributed by atoms with Gasteiger partial charge in [0.05, 0.1) is 23.4 Å². The molecule has 2 N–H and O–H groups in total. The highest BCUT2D eigenvalue weighted by Gasteiger charge is 2.37. The number of aliphatic carboxylic acids is 1. The largest absolute Gasteiger partial charge is 0.481 e. The van der Waals surface area contributed by atoms with Crippen molar-refractivity contribution in [3.8, 4) is 0 Å². The van der Waals surface area contributed by atoms with E-state index in [1.807, 2.05) is 48.6 Å². The molecular weight excluding hydrogens is 524 g/mol. The second kappa shape index (κ2) is 15.5. The van der Waals surface area contributed by atoms with Gasteiger partial charge in [0.1, 0.15) is 0 Å². The molecule has 0 saturated heterocycles. The molecule has 2 aromatic carbocycles. The molecule has 0 radical (unpaired) electrons. The predicted octanol–water partition coefficient (Wildman–Crippen LogP) is 8.31. The summed E-state index contributed by atoms with van der Waals surface area (Å²) in [6.45, 7) is 11.5. The number of unbranched alkanes of at least 4 members (excludes halogenated alkanes) is 1. The number of anilines is 1. The third-order valence-corrected chi connectivity index (χ3v) is 7.83. The number of carbonyl (C=O) groups is 2. The van der Waals surface area contributed by atoms with E-state index in [0.717, 1.165) is 36.2 Å². The van der Waals surface area contributed by atoms with Crippen LogP contribution in [0.3, 0.4) is 0 Å². The summed E-state index contributed by atoms with van der Waals surface area (Å²) in [5, 5.41) is 12.5. The first kappa shape index (κ1) is 32.7. The van der Waals surface area contributed by atoms with Gasteiger partial charge >= 0.3 is 5.97 Å². The van der Waals surface area contributed by atoms with Crippen molar-refractivity contribution in [3.63, 3.8) is 0 Å². The first-order valence-corrected chi connectivity index (χ1v) is 15.0. The number of rotatable bonds is 15. The van der Waals surface area contributed by atoms with Crippen molar-refractivity contribution in [3.05, 3.63) is 94.8 Å². The SMILES string of the molecule is CCC(CC)(CC(=O)Nc1cccc(C=Cc2cccc(COCCCCc3ccc(C(C)(C)C)cc3)n2)c1)C(=O)O. The lowest BCUT2D eigenvalue weighted by Crippen LogP contribution is -2.34. The van der Waals surface area contributed by atoms with Gasteiger partial charge in [0, 0.05) is 18.7 Å². The van der Waals surface area contributed by atoms with Gasteiger partial charge in [-0.2, -0.15) is 0 Å².